The summed E-state index contributed by atoms with van der Waals surface area (Å²) in [6.45, 7) is 0. The van der Waals surface area contributed by atoms with Crippen molar-refractivity contribution in [2.24, 2.45) is 5.84 Å². The Labute approximate surface area is 163 Å². The maximum atomic E-state index is 12.8. The third kappa shape index (κ3) is 4.27. The van der Waals surface area contributed by atoms with Crippen LogP contribution in [0.1, 0.15) is 47.5 Å². The largest absolute Gasteiger partial charge is 0.508 e. The summed E-state index contributed by atoms with van der Waals surface area (Å²) in [5.41, 5.74) is 2.70. The summed E-state index contributed by atoms with van der Waals surface area (Å²) in [6.07, 6.45) is 2.57. The number of benzene rings is 2. The third-order valence-electron chi connectivity index (χ3n) is 5.06. The van der Waals surface area contributed by atoms with E-state index in [0.717, 1.165) is 5.56 Å². The van der Waals surface area contributed by atoms with Gasteiger partial charge in [-0.2, -0.15) is 0 Å². The van der Waals surface area contributed by atoms with Crippen LogP contribution in [0.5, 0.6) is 11.5 Å². The lowest BCUT2D eigenvalue weighted by Gasteiger charge is -2.29. The summed E-state index contributed by atoms with van der Waals surface area (Å²) in [4.78, 5) is 11.7. The van der Waals surface area contributed by atoms with Gasteiger partial charge in [0.2, 0.25) is 10.0 Å². The topological polar surface area (TPSA) is 142 Å². The lowest BCUT2D eigenvalue weighted by atomic mass is 9.81. The minimum Gasteiger partial charge on any atom is -0.508 e. The molecule has 1 fully saturated rings. The Morgan fingerprint density at radius 2 is 1.71 bits per heavy atom. The van der Waals surface area contributed by atoms with Crippen LogP contribution in [0.3, 0.4) is 0 Å². The highest BCUT2D eigenvalue weighted by molar-refractivity contribution is 7.89. The van der Waals surface area contributed by atoms with Gasteiger partial charge < -0.3 is 10.2 Å². The van der Waals surface area contributed by atoms with E-state index in [1.807, 2.05) is 5.43 Å². The van der Waals surface area contributed by atoms with Gasteiger partial charge in [0.15, 0.2) is 0 Å². The average molecular weight is 405 g/mol. The van der Waals surface area contributed by atoms with Crippen molar-refractivity contribution < 1.29 is 23.4 Å². The van der Waals surface area contributed by atoms with E-state index < -0.39 is 15.9 Å². The van der Waals surface area contributed by atoms with Gasteiger partial charge in [-0.1, -0.05) is 18.2 Å². The molecule has 6 N–H and O–H groups in total. The number of phenols is 2. The van der Waals surface area contributed by atoms with Crippen LogP contribution in [0, 0.1) is 0 Å². The number of hydrazine groups is 1. The molecule has 0 atom stereocenters. The minimum atomic E-state index is -3.89. The predicted molar refractivity (Wildman–Crippen MR) is 103 cm³/mol. The molecule has 0 radical (unpaired) electrons. The minimum absolute atomic E-state index is 0.00266. The Hall–Kier alpha value is -2.62. The highest BCUT2D eigenvalue weighted by atomic mass is 32.2. The van der Waals surface area contributed by atoms with Crippen LogP contribution in [0.15, 0.2) is 47.4 Å². The lowest BCUT2D eigenvalue weighted by molar-refractivity contribution is 0.0950. The van der Waals surface area contributed by atoms with E-state index in [0.29, 0.717) is 25.7 Å². The number of rotatable bonds is 5. The van der Waals surface area contributed by atoms with E-state index in [4.69, 9.17) is 5.84 Å². The molecule has 0 aliphatic heterocycles. The van der Waals surface area contributed by atoms with E-state index in [1.54, 1.807) is 18.2 Å². The smallest absolute Gasteiger partial charge is 0.266 e. The molecule has 1 saturated carbocycles. The van der Waals surface area contributed by atoms with Gasteiger partial charge in [-0.15, -0.1) is 0 Å². The molecule has 3 rings (SSSR count). The summed E-state index contributed by atoms with van der Waals surface area (Å²) in [5.74, 6) is 4.61. The van der Waals surface area contributed by atoms with Crippen molar-refractivity contribution in [1.29, 1.82) is 0 Å². The molecule has 28 heavy (non-hydrogen) atoms. The number of nitrogens with two attached hydrogens (primary N) is 1. The maximum Gasteiger partial charge on any atom is 0.266 e. The molecule has 1 amide bonds. The van der Waals surface area contributed by atoms with Gasteiger partial charge in [-0.25, -0.2) is 19.0 Å². The van der Waals surface area contributed by atoms with Gasteiger partial charge in [0.25, 0.3) is 5.91 Å². The molecule has 0 saturated heterocycles. The second-order valence-electron chi connectivity index (χ2n) is 6.88. The van der Waals surface area contributed by atoms with E-state index in [-0.39, 0.29) is 33.9 Å². The van der Waals surface area contributed by atoms with Crippen LogP contribution in [0.25, 0.3) is 0 Å². The first-order valence-corrected chi connectivity index (χ1v) is 10.4. The molecule has 0 spiro atoms. The van der Waals surface area contributed by atoms with E-state index in [1.165, 1.54) is 24.3 Å². The highest BCUT2D eigenvalue weighted by Gasteiger charge is 2.29. The first kappa shape index (κ1) is 20.1. The Morgan fingerprint density at radius 3 is 2.36 bits per heavy atom. The van der Waals surface area contributed by atoms with Gasteiger partial charge in [0.1, 0.15) is 11.5 Å². The van der Waals surface area contributed by atoms with Gasteiger partial charge in [0.05, 0.1) is 10.5 Å². The lowest BCUT2D eigenvalue weighted by Crippen LogP contribution is -2.39. The van der Waals surface area contributed by atoms with Gasteiger partial charge in [0, 0.05) is 12.1 Å². The normalized spacial score (nSPS) is 19.9. The van der Waals surface area contributed by atoms with Gasteiger partial charge in [-0.3, -0.25) is 10.2 Å². The monoisotopic (exact) mass is 405 g/mol. The number of amides is 1. The summed E-state index contributed by atoms with van der Waals surface area (Å²) in [7, 11) is -3.89. The van der Waals surface area contributed by atoms with Crippen LogP contribution < -0.4 is 16.0 Å². The average Bonchev–Trinajstić information content (AvgIpc) is 2.68. The Balaban J connectivity index is 1.70. The first-order chi connectivity index (χ1) is 13.3. The van der Waals surface area contributed by atoms with Crippen LogP contribution in [0.4, 0.5) is 0 Å². The Bertz CT molecular complexity index is 969. The molecule has 0 aromatic heterocycles. The standard InChI is InChI=1S/C19H23N3O5S/c20-21-19(25)16-3-1-2-4-18(16)28(26,27)22-13-7-5-12(6-8-13)15-10-9-14(23)11-17(15)24/h1-4,9-13,22-24H,5-8,20H2,(H,21,25). The summed E-state index contributed by atoms with van der Waals surface area (Å²) >= 11 is 0. The predicted octanol–water partition coefficient (Wildman–Crippen LogP) is 1.71. The number of sulfonamides is 1. The van der Waals surface area contributed by atoms with Crippen LogP contribution in [0.2, 0.25) is 0 Å². The third-order valence-corrected chi connectivity index (χ3v) is 6.63. The van der Waals surface area contributed by atoms with Crippen molar-refractivity contribution in [2.45, 2.75) is 42.5 Å². The molecular weight excluding hydrogens is 382 g/mol. The van der Waals surface area contributed by atoms with E-state index >= 15 is 0 Å². The maximum absolute atomic E-state index is 12.8. The van der Waals surface area contributed by atoms with E-state index in [9.17, 15) is 23.4 Å². The van der Waals surface area contributed by atoms with Crippen LogP contribution in [-0.2, 0) is 10.0 Å². The number of hydrogen-bond acceptors (Lipinski definition) is 6. The van der Waals surface area contributed by atoms with Gasteiger partial charge >= 0.3 is 0 Å². The molecule has 8 nitrogen and oxygen atoms in total. The SMILES string of the molecule is NNC(=O)c1ccccc1S(=O)(=O)NC1CCC(c2ccc(O)cc2O)CC1. The molecule has 0 bridgehead atoms. The zero-order valence-electron chi connectivity index (χ0n) is 15.1. The van der Waals surface area contributed by atoms with Crippen molar-refractivity contribution >= 4 is 15.9 Å². The van der Waals surface area contributed by atoms with Crippen molar-refractivity contribution in [3.63, 3.8) is 0 Å². The number of carbonyl (C=O) groups excluding carboxylic acids is 1. The highest BCUT2D eigenvalue weighted by Crippen LogP contribution is 2.38. The number of phenolic OH excluding ortho intramolecular Hbond substituents is 2. The molecule has 2 aromatic carbocycles. The van der Waals surface area contributed by atoms with Crippen LogP contribution >= 0.6 is 0 Å². The second-order valence-corrected chi connectivity index (χ2v) is 8.56. The summed E-state index contributed by atoms with van der Waals surface area (Å²) < 4.78 is 28.2. The number of nitrogens with one attached hydrogen (secondary N) is 2. The second kappa shape index (κ2) is 8.17. The van der Waals surface area contributed by atoms with Crippen molar-refractivity contribution in [2.75, 3.05) is 0 Å². The fraction of sp³-hybridized carbons (Fsp3) is 0.316. The Morgan fingerprint density at radius 1 is 1.04 bits per heavy atom. The summed E-state index contributed by atoms with van der Waals surface area (Å²) in [6, 6.07) is 10.2. The van der Waals surface area contributed by atoms with Gasteiger partial charge in [-0.05, 0) is 55.4 Å². The Kier molecular flexibility index (Phi) is 5.87. The van der Waals surface area contributed by atoms with Crippen molar-refractivity contribution in [1.82, 2.24) is 10.1 Å². The number of hydrogen-bond donors (Lipinski definition) is 5. The zero-order valence-corrected chi connectivity index (χ0v) is 15.9. The number of aromatic hydroxyl groups is 2. The first-order valence-electron chi connectivity index (χ1n) is 8.96. The fourth-order valence-electron chi connectivity index (χ4n) is 3.65. The molecule has 0 heterocycles. The molecule has 1 aliphatic rings. The molecule has 0 unspecified atom stereocenters. The molecule has 1 aliphatic carbocycles. The van der Waals surface area contributed by atoms with Crippen molar-refractivity contribution in [3.8, 4) is 11.5 Å². The van der Waals surface area contributed by atoms with Crippen molar-refractivity contribution in [3.05, 3.63) is 53.6 Å². The zero-order chi connectivity index (χ0) is 20.3. The summed E-state index contributed by atoms with van der Waals surface area (Å²) in [5, 5.41) is 19.5. The fourth-order valence-corrected chi connectivity index (χ4v) is 5.16. The number of nitrogen functional groups attached to an aromatic ring is 1. The number of carbonyl (C=O) groups is 1. The molecule has 2 aromatic rings. The molecule has 150 valence electrons. The quantitative estimate of drug-likeness (QED) is 0.291. The molecule has 9 heteroatoms. The van der Waals surface area contributed by atoms with Crippen LogP contribution in [-0.4, -0.2) is 30.6 Å². The van der Waals surface area contributed by atoms with E-state index in [2.05, 4.69) is 4.72 Å². The molecular formula is C19H23N3O5S.